The summed E-state index contributed by atoms with van der Waals surface area (Å²) in [6, 6.07) is 5.13. The van der Waals surface area contributed by atoms with Crippen LogP contribution in [0.1, 0.15) is 28.7 Å². The van der Waals surface area contributed by atoms with Gasteiger partial charge in [0, 0.05) is 22.7 Å². The van der Waals surface area contributed by atoms with Gasteiger partial charge in [0.15, 0.2) is 0 Å². The second-order valence-electron chi connectivity index (χ2n) is 4.17. The largest absolute Gasteiger partial charge is 0.462 e. The van der Waals surface area contributed by atoms with Crippen LogP contribution in [0.15, 0.2) is 29.2 Å². The van der Waals surface area contributed by atoms with Crippen LogP contribution >= 0.6 is 23.2 Å². The molecule has 0 radical (unpaired) electrons. The first kappa shape index (κ1) is 15.5. The first-order valence-electron chi connectivity index (χ1n) is 6.21. The summed E-state index contributed by atoms with van der Waals surface area (Å²) in [6.07, 6.45) is 1.45. The number of carbonyl (C=O) groups is 1. The minimum absolute atomic E-state index is 0.133. The normalized spacial score (nSPS) is 10.4. The van der Waals surface area contributed by atoms with E-state index < -0.39 is 11.5 Å². The molecule has 0 saturated heterocycles. The zero-order valence-electron chi connectivity index (χ0n) is 11.2. The van der Waals surface area contributed by atoms with E-state index >= 15 is 0 Å². The molecule has 1 N–H and O–H groups in total. The number of hydrogen-bond donors (Lipinski definition) is 1. The van der Waals surface area contributed by atoms with Crippen molar-refractivity contribution >= 4 is 29.2 Å². The van der Waals surface area contributed by atoms with E-state index in [4.69, 9.17) is 27.9 Å². The molecule has 1 aromatic heterocycles. The molecule has 0 aliphatic carbocycles. The summed E-state index contributed by atoms with van der Waals surface area (Å²) in [5.74, 6) is -0.336. The molecule has 21 heavy (non-hydrogen) atoms. The van der Waals surface area contributed by atoms with Crippen LogP contribution in [0.2, 0.25) is 10.0 Å². The average molecular weight is 327 g/mol. The van der Waals surface area contributed by atoms with E-state index in [2.05, 4.69) is 9.97 Å². The summed E-state index contributed by atoms with van der Waals surface area (Å²) in [5.41, 5.74) is -0.0275. The second-order valence-corrected chi connectivity index (χ2v) is 4.98. The zero-order chi connectivity index (χ0) is 15.4. The van der Waals surface area contributed by atoms with Crippen molar-refractivity contribution in [1.29, 1.82) is 0 Å². The molecule has 2 rings (SSSR count). The molecule has 0 unspecified atom stereocenters. The molecule has 2 aromatic rings. The number of hydrogen-bond acceptors (Lipinski definition) is 4. The molecule has 7 heteroatoms. The summed E-state index contributed by atoms with van der Waals surface area (Å²) in [6.45, 7) is 1.85. The Balaban J connectivity index is 2.29. The van der Waals surface area contributed by atoms with E-state index in [1.807, 2.05) is 0 Å². The Bertz CT molecular complexity index is 708. The highest BCUT2D eigenvalue weighted by Gasteiger charge is 2.14. The Labute approximate surface area is 130 Å². The molecular weight excluding hydrogens is 315 g/mol. The van der Waals surface area contributed by atoms with E-state index in [9.17, 15) is 9.59 Å². The highest BCUT2D eigenvalue weighted by molar-refractivity contribution is 6.36. The Hall–Kier alpha value is -1.85. The van der Waals surface area contributed by atoms with E-state index in [-0.39, 0.29) is 18.6 Å². The summed E-state index contributed by atoms with van der Waals surface area (Å²) < 4.78 is 4.76. The van der Waals surface area contributed by atoms with Gasteiger partial charge >= 0.3 is 5.97 Å². The standard InChI is InChI=1S/C14H12Cl2N2O3/c1-2-21-14(20)9-7-17-12(18-13(9)19)6-8-10(15)4-3-5-11(8)16/h3-5,7H,2,6H2,1H3,(H,17,18,19). The van der Waals surface area contributed by atoms with Gasteiger partial charge in [-0.25, -0.2) is 9.78 Å². The first-order chi connectivity index (χ1) is 10.0. The molecule has 0 spiro atoms. The van der Waals surface area contributed by atoms with Gasteiger partial charge in [-0.3, -0.25) is 4.79 Å². The van der Waals surface area contributed by atoms with Gasteiger partial charge in [0.1, 0.15) is 11.4 Å². The fourth-order valence-electron chi connectivity index (χ4n) is 1.74. The molecule has 110 valence electrons. The molecule has 0 amide bonds. The number of benzene rings is 1. The average Bonchev–Trinajstić information content (AvgIpc) is 2.43. The highest BCUT2D eigenvalue weighted by atomic mass is 35.5. The van der Waals surface area contributed by atoms with Crippen molar-refractivity contribution in [3.05, 3.63) is 61.7 Å². The molecule has 0 fully saturated rings. The van der Waals surface area contributed by atoms with Crippen molar-refractivity contribution in [3.63, 3.8) is 0 Å². The maximum atomic E-state index is 11.9. The van der Waals surface area contributed by atoms with E-state index in [0.29, 0.717) is 21.4 Å². The first-order valence-corrected chi connectivity index (χ1v) is 6.96. The molecule has 1 aromatic carbocycles. The molecule has 0 bridgehead atoms. The fourth-order valence-corrected chi connectivity index (χ4v) is 2.28. The Kier molecular flexibility index (Phi) is 4.98. The van der Waals surface area contributed by atoms with Gasteiger partial charge in [0.05, 0.1) is 6.61 Å². The SMILES string of the molecule is CCOC(=O)c1cnc(Cc2c(Cl)cccc2Cl)[nH]c1=O. The number of rotatable bonds is 4. The minimum Gasteiger partial charge on any atom is -0.462 e. The summed E-state index contributed by atoms with van der Waals surface area (Å²) >= 11 is 12.1. The molecule has 5 nitrogen and oxygen atoms in total. The van der Waals surface area contributed by atoms with Crippen LogP contribution in [-0.4, -0.2) is 22.5 Å². The summed E-state index contributed by atoms with van der Waals surface area (Å²) in [7, 11) is 0. The third-order valence-electron chi connectivity index (χ3n) is 2.75. The topological polar surface area (TPSA) is 72.0 Å². The smallest absolute Gasteiger partial charge is 0.345 e. The molecule has 0 atom stereocenters. The number of halogens is 2. The summed E-state index contributed by atoms with van der Waals surface area (Å²) in [4.78, 5) is 30.0. The lowest BCUT2D eigenvalue weighted by atomic mass is 10.1. The molecular formula is C14H12Cl2N2O3. The van der Waals surface area contributed by atoms with Gasteiger partial charge in [0.25, 0.3) is 5.56 Å². The number of aromatic nitrogens is 2. The zero-order valence-corrected chi connectivity index (χ0v) is 12.7. The van der Waals surface area contributed by atoms with Gasteiger partial charge in [-0.1, -0.05) is 29.3 Å². The Morgan fingerprint density at radius 3 is 2.57 bits per heavy atom. The number of nitrogens with one attached hydrogen (secondary N) is 1. The Morgan fingerprint density at radius 1 is 1.33 bits per heavy atom. The van der Waals surface area contributed by atoms with Crippen molar-refractivity contribution in [2.24, 2.45) is 0 Å². The quantitative estimate of drug-likeness (QED) is 0.877. The van der Waals surface area contributed by atoms with E-state index in [0.717, 1.165) is 0 Å². The van der Waals surface area contributed by atoms with Gasteiger partial charge in [-0.05, 0) is 24.6 Å². The lowest BCUT2D eigenvalue weighted by Gasteiger charge is -2.07. The monoisotopic (exact) mass is 326 g/mol. The molecule has 0 aliphatic rings. The number of aromatic amines is 1. The van der Waals surface area contributed by atoms with Crippen molar-refractivity contribution in [2.75, 3.05) is 6.61 Å². The van der Waals surface area contributed by atoms with Crippen molar-refractivity contribution in [1.82, 2.24) is 9.97 Å². The van der Waals surface area contributed by atoms with Crippen molar-refractivity contribution in [2.45, 2.75) is 13.3 Å². The fraction of sp³-hybridized carbons (Fsp3) is 0.214. The maximum Gasteiger partial charge on any atom is 0.345 e. The van der Waals surface area contributed by atoms with Crippen LogP contribution in [0.25, 0.3) is 0 Å². The third kappa shape index (κ3) is 3.62. The maximum absolute atomic E-state index is 11.9. The van der Waals surface area contributed by atoms with Crippen LogP contribution < -0.4 is 5.56 Å². The van der Waals surface area contributed by atoms with Gasteiger partial charge in [0.2, 0.25) is 0 Å². The molecule has 0 aliphatic heterocycles. The number of ether oxygens (including phenoxy) is 1. The number of carbonyl (C=O) groups excluding carboxylic acids is 1. The summed E-state index contributed by atoms with van der Waals surface area (Å²) in [5, 5.41) is 0.972. The van der Waals surface area contributed by atoms with Gasteiger partial charge < -0.3 is 9.72 Å². The predicted molar refractivity (Wildman–Crippen MR) is 80.1 cm³/mol. The minimum atomic E-state index is -0.700. The number of H-pyrrole nitrogens is 1. The highest BCUT2D eigenvalue weighted by Crippen LogP contribution is 2.25. The lowest BCUT2D eigenvalue weighted by Crippen LogP contribution is -2.22. The second kappa shape index (κ2) is 6.74. The van der Waals surface area contributed by atoms with Crippen LogP contribution in [0.5, 0.6) is 0 Å². The van der Waals surface area contributed by atoms with Gasteiger partial charge in [-0.15, -0.1) is 0 Å². The van der Waals surface area contributed by atoms with E-state index in [1.165, 1.54) is 6.20 Å². The Morgan fingerprint density at radius 2 is 2.00 bits per heavy atom. The van der Waals surface area contributed by atoms with Crippen molar-refractivity contribution < 1.29 is 9.53 Å². The van der Waals surface area contributed by atoms with E-state index in [1.54, 1.807) is 25.1 Å². The number of esters is 1. The predicted octanol–water partition coefficient (Wildman–Crippen LogP) is 2.84. The molecule has 1 heterocycles. The van der Waals surface area contributed by atoms with Crippen LogP contribution in [0.4, 0.5) is 0 Å². The molecule has 0 saturated carbocycles. The number of nitrogens with zero attached hydrogens (tertiary/aromatic N) is 1. The van der Waals surface area contributed by atoms with Crippen molar-refractivity contribution in [3.8, 4) is 0 Å². The van der Waals surface area contributed by atoms with Gasteiger partial charge in [-0.2, -0.15) is 0 Å². The van der Waals surface area contributed by atoms with Crippen LogP contribution in [0.3, 0.4) is 0 Å². The third-order valence-corrected chi connectivity index (χ3v) is 3.46. The van der Waals surface area contributed by atoms with Crippen LogP contribution in [-0.2, 0) is 11.2 Å². The lowest BCUT2D eigenvalue weighted by molar-refractivity contribution is 0.0523. The van der Waals surface area contributed by atoms with Crippen LogP contribution in [0, 0.1) is 0 Å².